The van der Waals surface area contributed by atoms with Crippen molar-refractivity contribution >= 4 is 45.1 Å². The van der Waals surface area contributed by atoms with Gasteiger partial charge in [-0.25, -0.2) is 0 Å². The number of carbonyl (C=O) groups is 1. The van der Waals surface area contributed by atoms with Crippen molar-refractivity contribution < 1.29 is 30.0 Å². The molecular weight excluding hydrogens is 817 g/mol. The summed E-state index contributed by atoms with van der Waals surface area (Å²) in [6, 6.07) is 23.5. The molecule has 0 saturated carbocycles. The molecule has 0 bridgehead atoms. The van der Waals surface area contributed by atoms with Crippen molar-refractivity contribution in [1.82, 2.24) is 9.97 Å². The van der Waals surface area contributed by atoms with Crippen LogP contribution in [0.3, 0.4) is 0 Å². The van der Waals surface area contributed by atoms with Gasteiger partial charge in [-0.1, -0.05) is 55.4 Å². The Kier molecular flexibility index (Phi) is 11.9. The van der Waals surface area contributed by atoms with Gasteiger partial charge in [0.25, 0.3) is 0 Å². The number of allylic oxidation sites excluding steroid dienone is 2. The number of nitrogens with zero attached hydrogens (tertiary/aromatic N) is 2. The van der Waals surface area contributed by atoms with Crippen LogP contribution in [0.1, 0.15) is 58.2 Å². The number of hydrogen-bond donors (Lipinski definition) is 1. The molecule has 0 aliphatic rings. The fourth-order valence-electron chi connectivity index (χ4n) is 5.31. The number of aliphatic hydroxyl groups is 1. The van der Waals surface area contributed by atoms with Crippen LogP contribution in [0.4, 0.5) is 0 Å². The molecule has 249 valence electrons. The summed E-state index contributed by atoms with van der Waals surface area (Å²) in [5.41, 5.74) is 8.32. The first-order valence-corrected chi connectivity index (χ1v) is 23.4. The van der Waals surface area contributed by atoms with E-state index in [4.69, 9.17) is 9.97 Å². The zero-order valence-corrected chi connectivity index (χ0v) is 34.5. The van der Waals surface area contributed by atoms with Crippen molar-refractivity contribution in [2.45, 2.75) is 79.6 Å². The van der Waals surface area contributed by atoms with Gasteiger partial charge >= 0.3 is 156 Å². The molecule has 5 aromatic rings. The zero-order valence-electron chi connectivity index (χ0n) is 30.0. The van der Waals surface area contributed by atoms with Gasteiger partial charge in [0, 0.05) is 37.0 Å². The smallest absolute Gasteiger partial charge is 0 e. The molecule has 4 nitrogen and oxygen atoms in total. The van der Waals surface area contributed by atoms with Gasteiger partial charge in [0.1, 0.15) is 5.76 Å². The zero-order chi connectivity index (χ0) is 34.2. The van der Waals surface area contributed by atoms with E-state index < -0.39 is 18.7 Å². The summed E-state index contributed by atoms with van der Waals surface area (Å²) >= 11 is -1.82. The summed E-state index contributed by atoms with van der Waals surface area (Å²) in [6.07, 6.45) is 5.22. The van der Waals surface area contributed by atoms with E-state index >= 15 is 0 Å². The Morgan fingerprint density at radius 3 is 2.00 bits per heavy atom. The normalized spacial score (nSPS) is 12.4. The van der Waals surface area contributed by atoms with Crippen LogP contribution in [-0.4, -0.2) is 34.1 Å². The van der Waals surface area contributed by atoms with Crippen LogP contribution in [-0.2, 0) is 24.9 Å². The molecule has 5 rings (SSSR count). The molecule has 2 aromatic heterocycles. The molecule has 0 saturated heterocycles. The number of aromatic nitrogens is 2. The van der Waals surface area contributed by atoms with Crippen molar-refractivity contribution in [3.63, 3.8) is 0 Å². The number of hydrogen-bond acceptors (Lipinski definition) is 4. The van der Waals surface area contributed by atoms with E-state index in [9.17, 15) is 9.90 Å². The van der Waals surface area contributed by atoms with Crippen molar-refractivity contribution in [2.24, 2.45) is 10.8 Å². The number of ketones is 1. The number of aryl methyl sites for hydroxylation is 3. The van der Waals surface area contributed by atoms with Crippen LogP contribution in [0.5, 0.6) is 0 Å². The Morgan fingerprint density at radius 2 is 1.45 bits per heavy atom. The summed E-state index contributed by atoms with van der Waals surface area (Å²) in [5, 5.41) is 13.0. The molecule has 0 amide bonds. The first-order chi connectivity index (χ1) is 21.3. The summed E-state index contributed by atoms with van der Waals surface area (Å²) in [7, 11) is 0. The average Bonchev–Trinajstić information content (AvgIpc) is 2.95. The fourth-order valence-corrected chi connectivity index (χ4v) is 7.76. The molecule has 0 spiro atoms. The van der Waals surface area contributed by atoms with Crippen LogP contribution in [0.25, 0.3) is 44.1 Å². The van der Waals surface area contributed by atoms with Gasteiger partial charge in [0.15, 0.2) is 5.78 Å². The first-order valence-electron chi connectivity index (χ1n) is 16.0. The van der Waals surface area contributed by atoms with E-state index in [-0.39, 0.29) is 37.1 Å². The standard InChI is InChI=1S/C30H29GeN2.C11H20O2.Ir/c1-19-15-20(2)17-23(16-19)30-28-18-33-29-21(3)25(11-12-27(29)26(28)13-14-32-30)22-7-9-24(10-8-22)31(4,5)6;1-10(2,3)8(12)7-9(13)11(4,5)6;/h7-16,18H,1-6H3;7,12H,1-6H3;/q-1;;/b;8-7-;. The predicted octanol–water partition coefficient (Wildman–Crippen LogP) is 10.5. The first kappa shape index (κ1) is 38.3. The van der Waals surface area contributed by atoms with Gasteiger partial charge in [-0.15, -0.1) is 29.3 Å². The summed E-state index contributed by atoms with van der Waals surface area (Å²) in [6.45, 7) is 17.5. The van der Waals surface area contributed by atoms with Gasteiger partial charge in [0.05, 0.1) is 0 Å². The second kappa shape index (κ2) is 14.6. The molecule has 47 heavy (non-hydrogen) atoms. The van der Waals surface area contributed by atoms with E-state index in [1.54, 1.807) is 0 Å². The Morgan fingerprint density at radius 1 is 0.809 bits per heavy atom. The topological polar surface area (TPSA) is 63.1 Å². The summed E-state index contributed by atoms with van der Waals surface area (Å²) in [4.78, 5) is 21.1. The minimum absolute atomic E-state index is 0. The Bertz CT molecular complexity index is 1920. The quantitative estimate of drug-likeness (QED) is 0.0643. The number of carbonyl (C=O) groups excluding carboxylic acids is 1. The van der Waals surface area contributed by atoms with E-state index in [1.807, 2.05) is 53.9 Å². The monoisotopic (exact) mass is 868 g/mol. The van der Waals surface area contributed by atoms with E-state index in [0.29, 0.717) is 0 Å². The number of pyridine rings is 2. The molecule has 3 aromatic carbocycles. The SMILES string of the molecule is CC(C)(C)C(=O)/C=C(\O)C(C)(C)C.Cc1[c-]c(-c2nccc3c2cnc2c(C)c(-c4cc[c]([Ge]([CH3])([CH3])[CH3])cc4)ccc23)cc(C)c1.[Ir]. The van der Waals surface area contributed by atoms with Crippen molar-refractivity contribution in [3.8, 4) is 22.4 Å². The molecule has 1 N–H and O–H groups in total. The number of benzene rings is 3. The third-order valence-electron chi connectivity index (χ3n) is 8.27. The molecule has 0 aliphatic heterocycles. The Hall–Kier alpha value is -3.12. The minimum atomic E-state index is -1.82. The van der Waals surface area contributed by atoms with Crippen LogP contribution in [0.2, 0.25) is 17.3 Å². The second-order valence-electron chi connectivity index (χ2n) is 15.5. The van der Waals surface area contributed by atoms with Gasteiger partial charge in [-0.3, -0.25) is 4.79 Å². The molecule has 0 aliphatic carbocycles. The van der Waals surface area contributed by atoms with E-state index in [1.165, 1.54) is 43.5 Å². The maximum atomic E-state index is 11.5. The third-order valence-corrected chi connectivity index (χ3v) is 12.6. The van der Waals surface area contributed by atoms with E-state index in [2.05, 4.69) is 98.7 Å². The van der Waals surface area contributed by atoms with Crippen molar-refractivity contribution in [3.05, 3.63) is 102 Å². The summed E-state index contributed by atoms with van der Waals surface area (Å²) < 4.78 is 1.53. The maximum Gasteiger partial charge on any atom is 0 e. The summed E-state index contributed by atoms with van der Waals surface area (Å²) in [5.74, 6) is 7.41. The van der Waals surface area contributed by atoms with Gasteiger partial charge in [-0.05, 0) is 0 Å². The Labute approximate surface area is 297 Å². The van der Waals surface area contributed by atoms with Gasteiger partial charge in [-0.2, -0.15) is 0 Å². The predicted molar refractivity (Wildman–Crippen MR) is 199 cm³/mol. The van der Waals surface area contributed by atoms with Crippen LogP contribution >= 0.6 is 0 Å². The van der Waals surface area contributed by atoms with Gasteiger partial charge < -0.3 is 5.11 Å². The van der Waals surface area contributed by atoms with Crippen LogP contribution < -0.4 is 4.40 Å². The van der Waals surface area contributed by atoms with Crippen molar-refractivity contribution in [1.29, 1.82) is 0 Å². The second-order valence-corrected chi connectivity index (χ2v) is 26.1. The average molecular weight is 867 g/mol. The van der Waals surface area contributed by atoms with Gasteiger partial charge in [0.2, 0.25) is 0 Å². The van der Waals surface area contributed by atoms with Crippen molar-refractivity contribution in [2.75, 3.05) is 0 Å². The third kappa shape index (κ3) is 9.07. The molecule has 0 fully saturated rings. The minimum Gasteiger partial charge on any atom is -0.140 e. The Balaban J connectivity index is 0.000000367. The number of fused-ring (bicyclic) bond motifs is 3. The number of aliphatic hydroxyl groups excluding tert-OH is 1. The fraction of sp³-hybridized carbons (Fsp3) is 0.341. The molecule has 0 atom stereocenters. The molecule has 0 unspecified atom stereocenters. The molecule has 6 heteroatoms. The molecular formula is C41H49GeIrN2O2-. The largest absolute Gasteiger partial charge is 0.140 e. The molecule has 1 radical (unpaired) electrons. The van der Waals surface area contributed by atoms with Crippen LogP contribution in [0.15, 0.2) is 78.8 Å². The maximum absolute atomic E-state index is 11.5. The van der Waals surface area contributed by atoms with Crippen LogP contribution in [0, 0.1) is 37.7 Å². The molecule has 2 heterocycles. The number of rotatable bonds is 4. The van der Waals surface area contributed by atoms with E-state index in [0.717, 1.165) is 27.7 Å².